The third kappa shape index (κ3) is 7.14. The molecule has 0 aromatic heterocycles. The molecule has 0 unspecified atom stereocenters. The Morgan fingerprint density at radius 1 is 1.04 bits per heavy atom. The summed E-state index contributed by atoms with van der Waals surface area (Å²) in [4.78, 5) is 0. The number of hydrogen-bond donors (Lipinski definition) is 2. The van der Waals surface area contributed by atoms with Gasteiger partial charge in [0.05, 0.1) is 19.3 Å². The number of rotatable bonds is 9. The van der Waals surface area contributed by atoms with Crippen LogP contribution in [0.1, 0.15) is 24.2 Å². The lowest BCUT2D eigenvalue weighted by Gasteiger charge is -2.16. The smallest absolute Gasteiger partial charge is 0.126 e. The summed E-state index contributed by atoms with van der Waals surface area (Å²) >= 11 is 17.9. The molecule has 2 aromatic rings. The summed E-state index contributed by atoms with van der Waals surface area (Å²) in [6.45, 7) is 3.67. The maximum atomic E-state index is 10.1. The maximum Gasteiger partial charge on any atom is 0.126 e. The Balaban J connectivity index is 1.65. The largest absolute Gasteiger partial charge is 0.385 e. The first-order chi connectivity index (χ1) is 12.0. The van der Waals surface area contributed by atoms with Crippen LogP contribution in [0.5, 0.6) is 0 Å². The van der Waals surface area contributed by atoms with Crippen molar-refractivity contribution in [1.82, 2.24) is 0 Å². The first-order valence-corrected chi connectivity index (χ1v) is 9.40. The Morgan fingerprint density at radius 3 is 2.40 bits per heavy atom. The van der Waals surface area contributed by atoms with Gasteiger partial charge in [0.15, 0.2) is 0 Å². The van der Waals surface area contributed by atoms with Gasteiger partial charge in [0.25, 0.3) is 0 Å². The van der Waals surface area contributed by atoms with Crippen LogP contribution >= 0.6 is 34.8 Å². The number of ether oxygens (including phenoxy) is 1. The van der Waals surface area contributed by atoms with Gasteiger partial charge in [0, 0.05) is 21.5 Å². The average Bonchev–Trinajstić information content (AvgIpc) is 2.58. The standard InChI is InChI=1S/C19H22Cl3NO2/c1-13(14-2-5-16(20)6-3-14)25-12-18(24)11-23-9-8-15-4-7-17(21)10-19(15)22/h2-7,10,13,18,23-24H,8-9,11-12H2,1H3/p+1/t13-,18+/m1/s1. The Morgan fingerprint density at radius 2 is 1.72 bits per heavy atom. The third-order valence-corrected chi connectivity index (χ3v) is 4.79. The molecule has 0 amide bonds. The summed E-state index contributed by atoms with van der Waals surface area (Å²) in [7, 11) is 0. The zero-order chi connectivity index (χ0) is 18.2. The second kappa shape index (κ2) is 10.4. The molecule has 2 aromatic carbocycles. The van der Waals surface area contributed by atoms with Crippen LogP contribution in [-0.4, -0.2) is 30.9 Å². The third-order valence-electron chi connectivity index (χ3n) is 3.95. The van der Waals surface area contributed by atoms with Crippen molar-refractivity contribution in [1.29, 1.82) is 0 Å². The van der Waals surface area contributed by atoms with Gasteiger partial charge in [-0.2, -0.15) is 0 Å². The number of aliphatic hydroxyl groups excluding tert-OH is 1. The molecular formula is C19H23Cl3NO2+. The van der Waals surface area contributed by atoms with Crippen LogP contribution in [0.2, 0.25) is 15.1 Å². The molecule has 0 fully saturated rings. The highest BCUT2D eigenvalue weighted by Crippen LogP contribution is 2.21. The maximum absolute atomic E-state index is 10.1. The predicted molar refractivity (Wildman–Crippen MR) is 104 cm³/mol. The number of benzene rings is 2. The highest BCUT2D eigenvalue weighted by molar-refractivity contribution is 6.35. The van der Waals surface area contributed by atoms with E-state index < -0.39 is 6.10 Å². The van der Waals surface area contributed by atoms with E-state index in [1.807, 2.05) is 43.3 Å². The molecule has 0 aliphatic rings. The van der Waals surface area contributed by atoms with Gasteiger partial charge in [0.2, 0.25) is 0 Å². The molecule has 0 heterocycles. The summed E-state index contributed by atoms with van der Waals surface area (Å²) in [5, 5.41) is 14.1. The van der Waals surface area contributed by atoms with E-state index in [2.05, 4.69) is 5.32 Å². The van der Waals surface area contributed by atoms with Crippen LogP contribution in [0, 0.1) is 0 Å². The summed E-state index contributed by atoms with van der Waals surface area (Å²) in [5.41, 5.74) is 2.10. The molecule has 0 spiro atoms. The van der Waals surface area contributed by atoms with Crippen LogP contribution in [0.25, 0.3) is 0 Å². The van der Waals surface area contributed by atoms with Crippen molar-refractivity contribution < 1.29 is 15.2 Å². The zero-order valence-electron chi connectivity index (χ0n) is 14.1. The number of quaternary nitrogens is 1. The van der Waals surface area contributed by atoms with Crippen LogP contribution in [0.3, 0.4) is 0 Å². The lowest BCUT2D eigenvalue weighted by atomic mass is 10.1. The van der Waals surface area contributed by atoms with E-state index in [0.29, 0.717) is 28.2 Å². The van der Waals surface area contributed by atoms with Crippen molar-refractivity contribution in [2.24, 2.45) is 0 Å². The van der Waals surface area contributed by atoms with Gasteiger partial charge in [-0.05, 0) is 42.3 Å². The minimum Gasteiger partial charge on any atom is -0.385 e. The molecule has 6 heteroatoms. The number of nitrogens with two attached hydrogens (primary N) is 1. The topological polar surface area (TPSA) is 46.1 Å². The van der Waals surface area contributed by atoms with Crippen LogP contribution in [-0.2, 0) is 11.2 Å². The van der Waals surface area contributed by atoms with E-state index in [0.717, 1.165) is 24.1 Å². The Hall–Kier alpha value is -0.810. The van der Waals surface area contributed by atoms with Crippen molar-refractivity contribution >= 4 is 34.8 Å². The molecule has 0 aliphatic carbocycles. The Bertz CT molecular complexity index is 664. The molecule has 0 bridgehead atoms. The second-order valence-corrected chi connectivity index (χ2v) is 7.26. The fourth-order valence-electron chi connectivity index (χ4n) is 2.45. The summed E-state index contributed by atoms with van der Waals surface area (Å²) < 4.78 is 5.73. The summed E-state index contributed by atoms with van der Waals surface area (Å²) in [6, 6.07) is 13.1. The fraction of sp³-hybridized carbons (Fsp3) is 0.368. The zero-order valence-corrected chi connectivity index (χ0v) is 16.4. The molecule has 136 valence electrons. The molecule has 0 aliphatic heterocycles. The molecule has 3 nitrogen and oxygen atoms in total. The van der Waals surface area contributed by atoms with Gasteiger partial charge in [-0.15, -0.1) is 0 Å². The van der Waals surface area contributed by atoms with E-state index in [-0.39, 0.29) is 6.10 Å². The van der Waals surface area contributed by atoms with Crippen LogP contribution in [0.15, 0.2) is 42.5 Å². The molecular weight excluding hydrogens is 381 g/mol. The number of halogens is 3. The van der Waals surface area contributed by atoms with E-state index >= 15 is 0 Å². The van der Waals surface area contributed by atoms with E-state index in [4.69, 9.17) is 39.5 Å². The first kappa shape index (κ1) is 20.5. The van der Waals surface area contributed by atoms with Gasteiger partial charge in [-0.3, -0.25) is 0 Å². The van der Waals surface area contributed by atoms with Crippen molar-refractivity contribution in [3.05, 3.63) is 68.7 Å². The fourth-order valence-corrected chi connectivity index (χ4v) is 3.07. The molecule has 3 N–H and O–H groups in total. The molecule has 0 saturated heterocycles. The van der Waals surface area contributed by atoms with Gasteiger partial charge < -0.3 is 15.2 Å². The van der Waals surface area contributed by atoms with Gasteiger partial charge >= 0.3 is 0 Å². The van der Waals surface area contributed by atoms with Gasteiger partial charge in [0.1, 0.15) is 12.6 Å². The lowest BCUT2D eigenvalue weighted by Crippen LogP contribution is -2.87. The highest BCUT2D eigenvalue weighted by atomic mass is 35.5. The minimum atomic E-state index is -0.518. The van der Waals surface area contributed by atoms with Gasteiger partial charge in [-0.25, -0.2) is 0 Å². The molecule has 0 saturated carbocycles. The molecule has 25 heavy (non-hydrogen) atoms. The Labute approximate surface area is 163 Å². The van der Waals surface area contributed by atoms with E-state index in [1.165, 1.54) is 0 Å². The minimum absolute atomic E-state index is 0.0835. The van der Waals surface area contributed by atoms with E-state index in [1.54, 1.807) is 6.07 Å². The Kier molecular flexibility index (Phi) is 8.50. The number of hydrogen-bond acceptors (Lipinski definition) is 2. The van der Waals surface area contributed by atoms with Gasteiger partial charge in [-0.1, -0.05) is 53.0 Å². The molecule has 2 rings (SSSR count). The SMILES string of the molecule is C[C@@H](OC[C@@H](O)C[NH2+]CCc1ccc(Cl)cc1Cl)c1ccc(Cl)cc1. The van der Waals surface area contributed by atoms with Crippen LogP contribution in [0.4, 0.5) is 0 Å². The summed E-state index contributed by atoms with van der Waals surface area (Å²) in [6.07, 6.45) is 0.223. The quantitative estimate of drug-likeness (QED) is 0.624. The van der Waals surface area contributed by atoms with Crippen molar-refractivity contribution in [2.45, 2.75) is 25.6 Å². The van der Waals surface area contributed by atoms with E-state index in [9.17, 15) is 5.11 Å². The monoisotopic (exact) mass is 402 g/mol. The number of aliphatic hydroxyl groups is 1. The van der Waals surface area contributed by atoms with Crippen molar-refractivity contribution in [3.63, 3.8) is 0 Å². The van der Waals surface area contributed by atoms with Crippen molar-refractivity contribution in [3.8, 4) is 0 Å². The lowest BCUT2D eigenvalue weighted by molar-refractivity contribution is -0.660. The first-order valence-electron chi connectivity index (χ1n) is 8.26. The van der Waals surface area contributed by atoms with Crippen LogP contribution < -0.4 is 5.32 Å². The predicted octanol–water partition coefficient (Wildman–Crippen LogP) is 3.89. The average molecular weight is 404 g/mol. The molecule has 2 atom stereocenters. The highest BCUT2D eigenvalue weighted by Gasteiger charge is 2.11. The normalized spacial score (nSPS) is 13.6. The second-order valence-electron chi connectivity index (χ2n) is 5.98. The molecule has 0 radical (unpaired) electrons. The summed E-state index contributed by atoms with van der Waals surface area (Å²) in [5.74, 6) is 0. The van der Waals surface area contributed by atoms with Crippen molar-refractivity contribution in [2.75, 3.05) is 19.7 Å².